The van der Waals surface area contributed by atoms with E-state index in [0.717, 1.165) is 0 Å². The van der Waals surface area contributed by atoms with Crippen LogP contribution in [0.5, 0.6) is 0 Å². The molecule has 0 heterocycles. The summed E-state index contributed by atoms with van der Waals surface area (Å²) < 4.78 is 0. The molecule has 0 atom stereocenters. The van der Waals surface area contributed by atoms with Crippen LogP contribution in [-0.4, -0.2) is 34.0 Å². The van der Waals surface area contributed by atoms with Crippen molar-refractivity contribution in [2.24, 2.45) is 0 Å². The second-order valence-corrected chi connectivity index (χ2v) is 0. The normalized spacial score (nSPS) is 0. The predicted octanol–water partition coefficient (Wildman–Crippen LogP) is -2.38. The van der Waals surface area contributed by atoms with Crippen molar-refractivity contribution in [2.45, 2.75) is 0 Å². The molecule has 0 amide bonds. The molecular formula is H6CrCuFeMgMnSi. The first-order chi connectivity index (χ1) is 0. The van der Waals surface area contributed by atoms with Gasteiger partial charge in [0.15, 0.2) is 0 Å². The molecule has 0 aliphatic heterocycles. The van der Waals surface area contributed by atoms with E-state index < -0.39 is 0 Å². The number of hydrogen-bond donors (Lipinski definition) is 0. The standard InChI is InChI=1S/Cr.Cu.Fe.Mg.Mn.H4Si.2H/h;;;;;1H4;;. The molecular weight excluding hydrogens is 279 g/mol. The largest absolute Gasteiger partial charge is 0.316 e. The zero-order chi connectivity index (χ0) is 0. The summed E-state index contributed by atoms with van der Waals surface area (Å²) in [6, 6.07) is 0. The molecule has 0 unspecified atom stereocenters. The number of rotatable bonds is 0. The van der Waals surface area contributed by atoms with Crippen LogP contribution in [0.2, 0.25) is 0 Å². The average molecular weight is 285 g/mol. The molecule has 44 valence electrons. The average Bonchev–Trinajstić information content (AvgIpc) is 0. The van der Waals surface area contributed by atoms with Gasteiger partial charge in [0.2, 0.25) is 0 Å². The van der Waals surface area contributed by atoms with Gasteiger partial charge in [-0.2, -0.15) is 0 Å². The first kappa shape index (κ1) is 62.6. The maximum absolute atomic E-state index is 0. The summed E-state index contributed by atoms with van der Waals surface area (Å²) in [5.74, 6) is 0. The van der Waals surface area contributed by atoms with E-state index >= 15 is 0 Å². The van der Waals surface area contributed by atoms with Gasteiger partial charge in [0.05, 0.1) is 0 Å². The monoisotopic (exact) mass is 284 g/mol. The third-order valence-corrected chi connectivity index (χ3v) is 0. The van der Waals surface area contributed by atoms with Gasteiger partial charge < -0.3 is 0 Å². The Bertz CT molecular complexity index is 15.5. The smallest absolute Gasteiger partial charge is 0.0149 e. The van der Waals surface area contributed by atoms with Crippen LogP contribution in [0.4, 0.5) is 0 Å². The number of hydrogen-bond acceptors (Lipinski definition) is 0. The van der Waals surface area contributed by atoms with Crippen molar-refractivity contribution in [3.63, 3.8) is 0 Å². The Kier molecular flexibility index (Phi) is 446. The summed E-state index contributed by atoms with van der Waals surface area (Å²) >= 11 is 0. The van der Waals surface area contributed by atoms with E-state index in [1.165, 1.54) is 0 Å². The zero-order valence-corrected chi connectivity index (χ0v) is 5.94. The van der Waals surface area contributed by atoms with E-state index in [9.17, 15) is 0 Å². The fourth-order valence-corrected chi connectivity index (χ4v) is 0. The van der Waals surface area contributed by atoms with Crippen molar-refractivity contribution in [2.75, 3.05) is 0 Å². The Morgan fingerprint density at radius 3 is 1.00 bits per heavy atom. The van der Waals surface area contributed by atoms with Gasteiger partial charge in [-0.05, 0) is 11.0 Å². The van der Waals surface area contributed by atoms with Gasteiger partial charge in [-0.15, -0.1) is 0 Å². The Morgan fingerprint density at radius 2 is 1.00 bits per heavy atom. The van der Waals surface area contributed by atoms with Crippen LogP contribution in [0.15, 0.2) is 0 Å². The Hall–Kier alpha value is 3.07. The molecule has 0 aliphatic carbocycles. The van der Waals surface area contributed by atoms with E-state index in [0.29, 0.717) is 0 Å². The maximum atomic E-state index is 0. The SMILES string of the molecule is [Cr].[Cu].[Fe].[MgH2].[Mn].[SiH4]. The topological polar surface area (TPSA) is 0 Å². The van der Waals surface area contributed by atoms with Gasteiger partial charge in [0, 0.05) is 68.6 Å². The van der Waals surface area contributed by atoms with Crippen LogP contribution >= 0.6 is 0 Å². The molecule has 2 radical (unpaired) electrons. The van der Waals surface area contributed by atoms with Crippen molar-refractivity contribution in [1.29, 1.82) is 0 Å². The van der Waals surface area contributed by atoms with E-state index in [2.05, 4.69) is 0 Å². The van der Waals surface area contributed by atoms with Crippen LogP contribution in [0.25, 0.3) is 0 Å². The molecule has 6 heteroatoms. The molecule has 0 aromatic heterocycles. The summed E-state index contributed by atoms with van der Waals surface area (Å²) in [7, 11) is 0. The molecule has 0 saturated carbocycles. The van der Waals surface area contributed by atoms with Crippen molar-refractivity contribution >= 4 is 34.0 Å². The van der Waals surface area contributed by atoms with Crippen molar-refractivity contribution < 1.29 is 68.6 Å². The van der Waals surface area contributed by atoms with Crippen molar-refractivity contribution in [1.82, 2.24) is 0 Å². The molecule has 0 saturated heterocycles. The van der Waals surface area contributed by atoms with E-state index in [-0.39, 0.29) is 103 Å². The fraction of sp³-hybridized carbons (Fsp3) is 0. The minimum absolute atomic E-state index is 0. The Morgan fingerprint density at radius 1 is 1.00 bits per heavy atom. The van der Waals surface area contributed by atoms with Crippen LogP contribution in [0, 0.1) is 0 Å². The van der Waals surface area contributed by atoms with Gasteiger partial charge in [-0.25, -0.2) is 0 Å². The van der Waals surface area contributed by atoms with Gasteiger partial charge in [-0.1, -0.05) is 0 Å². The van der Waals surface area contributed by atoms with Crippen molar-refractivity contribution in [3.8, 4) is 0 Å². The first-order valence-corrected chi connectivity index (χ1v) is 0. The summed E-state index contributed by atoms with van der Waals surface area (Å²) in [6.07, 6.45) is 0. The molecule has 0 N–H and O–H groups in total. The van der Waals surface area contributed by atoms with E-state index in [4.69, 9.17) is 0 Å². The molecule has 0 bridgehead atoms. The third-order valence-electron chi connectivity index (χ3n) is 0. The summed E-state index contributed by atoms with van der Waals surface area (Å²) in [4.78, 5) is 0. The first-order valence-electron chi connectivity index (χ1n) is 0. The summed E-state index contributed by atoms with van der Waals surface area (Å²) in [5, 5.41) is 0. The summed E-state index contributed by atoms with van der Waals surface area (Å²) in [5.41, 5.74) is 0. The van der Waals surface area contributed by atoms with Crippen LogP contribution < -0.4 is 0 Å². The summed E-state index contributed by atoms with van der Waals surface area (Å²) in [6.45, 7) is 0. The van der Waals surface area contributed by atoms with Crippen molar-refractivity contribution in [3.05, 3.63) is 0 Å². The molecule has 0 spiro atoms. The predicted molar refractivity (Wildman–Crippen MR) is 19.9 cm³/mol. The van der Waals surface area contributed by atoms with Crippen LogP contribution in [-0.2, 0) is 68.6 Å². The molecule has 0 rings (SSSR count). The molecule has 0 aromatic carbocycles. The quantitative estimate of drug-likeness (QED) is 0.436. The molecule has 0 nitrogen and oxygen atoms in total. The fourth-order valence-electron chi connectivity index (χ4n) is 0. The minimum Gasteiger partial charge on any atom is -0.0149 e. The van der Waals surface area contributed by atoms with E-state index in [1.54, 1.807) is 0 Å². The van der Waals surface area contributed by atoms with Crippen LogP contribution in [0.1, 0.15) is 0 Å². The third kappa shape index (κ3) is 27.6. The maximum Gasteiger partial charge on any atom is 0.316 e. The molecule has 0 fully saturated rings. The Labute approximate surface area is 101 Å². The van der Waals surface area contributed by atoms with E-state index in [1.807, 2.05) is 0 Å². The second-order valence-electron chi connectivity index (χ2n) is 0. The van der Waals surface area contributed by atoms with Gasteiger partial charge in [-0.3, -0.25) is 0 Å². The van der Waals surface area contributed by atoms with Gasteiger partial charge >= 0.3 is 23.1 Å². The zero-order valence-electron chi connectivity index (χ0n) is 1.44. The molecule has 6 heavy (non-hydrogen) atoms. The van der Waals surface area contributed by atoms with Gasteiger partial charge in [0.25, 0.3) is 0 Å². The van der Waals surface area contributed by atoms with Crippen LogP contribution in [0.3, 0.4) is 0 Å². The molecule has 0 aliphatic rings. The second kappa shape index (κ2) is 42.8. The molecule has 0 aromatic rings. The minimum atomic E-state index is 0. The van der Waals surface area contributed by atoms with Gasteiger partial charge in [0.1, 0.15) is 0 Å². The Balaban J connectivity index is 0.